The van der Waals surface area contributed by atoms with Crippen molar-refractivity contribution in [2.24, 2.45) is 7.05 Å². The second-order valence-corrected chi connectivity index (χ2v) is 7.10. The average Bonchev–Trinajstić information content (AvgIpc) is 3.03. The fourth-order valence-corrected chi connectivity index (χ4v) is 3.33. The molecule has 0 aliphatic carbocycles. The van der Waals surface area contributed by atoms with Crippen LogP contribution in [0.3, 0.4) is 0 Å². The number of hydrogen-bond donors (Lipinski definition) is 2. The number of fused-ring (bicyclic) bond motifs is 1. The van der Waals surface area contributed by atoms with E-state index < -0.39 is 5.97 Å². The molecule has 0 fully saturated rings. The molecule has 7 nitrogen and oxygen atoms in total. The predicted octanol–water partition coefficient (Wildman–Crippen LogP) is 3.37. The lowest BCUT2D eigenvalue weighted by molar-refractivity contribution is 0.0696. The first-order chi connectivity index (χ1) is 13.8. The van der Waals surface area contributed by atoms with Gasteiger partial charge in [0.1, 0.15) is 5.75 Å². The third-order valence-electron chi connectivity index (χ3n) is 4.89. The monoisotopic (exact) mass is 395 g/mol. The summed E-state index contributed by atoms with van der Waals surface area (Å²) in [5.41, 5.74) is 4.15. The van der Waals surface area contributed by atoms with Crippen LogP contribution < -0.4 is 10.1 Å². The van der Waals surface area contributed by atoms with E-state index in [2.05, 4.69) is 23.5 Å². The quantitative estimate of drug-likeness (QED) is 0.670. The summed E-state index contributed by atoms with van der Waals surface area (Å²) >= 11 is 0. The van der Waals surface area contributed by atoms with Gasteiger partial charge in [-0.25, -0.2) is 9.59 Å². The zero-order chi connectivity index (χ0) is 21.1. The minimum absolute atomic E-state index is 0.116. The lowest BCUT2D eigenvalue weighted by atomic mass is 10.00. The van der Waals surface area contributed by atoms with E-state index in [9.17, 15) is 14.7 Å². The van der Waals surface area contributed by atoms with Crippen LogP contribution in [0.2, 0.25) is 0 Å². The summed E-state index contributed by atoms with van der Waals surface area (Å²) in [4.78, 5) is 24.5. The topological polar surface area (TPSA) is 83.8 Å². The normalized spacial score (nSPS) is 10.8. The van der Waals surface area contributed by atoms with Gasteiger partial charge in [-0.3, -0.25) is 0 Å². The van der Waals surface area contributed by atoms with Crippen molar-refractivity contribution in [2.45, 2.75) is 6.42 Å². The van der Waals surface area contributed by atoms with Crippen LogP contribution in [0.1, 0.15) is 15.9 Å². The number of benzene rings is 2. The number of carbonyl (C=O) groups excluding carboxylic acids is 1. The number of carbonyl (C=O) groups is 2. The highest BCUT2D eigenvalue weighted by molar-refractivity contribution is 5.99. The summed E-state index contributed by atoms with van der Waals surface area (Å²) in [7, 11) is 6.93. The summed E-state index contributed by atoms with van der Waals surface area (Å²) in [5.74, 6) is -0.476. The maximum Gasteiger partial charge on any atom is 0.335 e. The van der Waals surface area contributed by atoms with Crippen LogP contribution in [-0.4, -0.2) is 54.3 Å². The molecule has 0 atom stereocenters. The molecular formula is C22H25N3O4. The zero-order valence-corrected chi connectivity index (χ0v) is 17.0. The third-order valence-corrected chi connectivity index (χ3v) is 4.89. The number of amides is 2. The number of nitrogens with one attached hydrogen (secondary N) is 1. The molecule has 0 saturated carbocycles. The Morgan fingerprint density at radius 3 is 2.55 bits per heavy atom. The molecule has 3 aromatic rings. The molecular weight excluding hydrogens is 370 g/mol. The molecule has 0 spiro atoms. The van der Waals surface area contributed by atoms with E-state index in [-0.39, 0.29) is 11.6 Å². The van der Waals surface area contributed by atoms with Crippen molar-refractivity contribution >= 4 is 22.9 Å². The second kappa shape index (κ2) is 8.26. The Hall–Kier alpha value is -3.48. The summed E-state index contributed by atoms with van der Waals surface area (Å²) < 4.78 is 7.50. The standard InChI is InChI=1S/C22H25N3O4/c1-24(2)22(28)23-10-9-14-5-8-19-17(11-14)18(13-25(19)3)16-7-6-15(21(26)27)12-20(16)29-4/h5-8,11-13H,9-10H2,1-4H3,(H,23,28)(H,26,27). The second-order valence-electron chi connectivity index (χ2n) is 7.10. The van der Waals surface area contributed by atoms with Gasteiger partial charge < -0.3 is 24.6 Å². The zero-order valence-electron chi connectivity index (χ0n) is 17.0. The maximum absolute atomic E-state index is 11.7. The molecule has 2 N–H and O–H groups in total. The highest BCUT2D eigenvalue weighted by Gasteiger charge is 2.16. The van der Waals surface area contributed by atoms with Crippen molar-refractivity contribution in [1.82, 2.24) is 14.8 Å². The Labute approximate surface area is 169 Å². The number of aromatic nitrogens is 1. The van der Waals surface area contributed by atoms with Gasteiger partial charge in [0.2, 0.25) is 0 Å². The molecule has 0 aliphatic rings. The van der Waals surface area contributed by atoms with Gasteiger partial charge in [-0.1, -0.05) is 6.07 Å². The van der Waals surface area contributed by atoms with Crippen LogP contribution in [-0.2, 0) is 13.5 Å². The fourth-order valence-electron chi connectivity index (χ4n) is 3.33. The highest BCUT2D eigenvalue weighted by atomic mass is 16.5. The summed E-state index contributed by atoms with van der Waals surface area (Å²) in [6.45, 7) is 0.543. The molecule has 0 unspecified atom stereocenters. The Kier molecular flexibility index (Phi) is 5.77. The van der Waals surface area contributed by atoms with Crippen molar-refractivity contribution in [3.05, 3.63) is 53.7 Å². The lowest BCUT2D eigenvalue weighted by Gasteiger charge is -2.12. The molecule has 3 rings (SSSR count). The number of methoxy groups -OCH3 is 1. The molecule has 1 aromatic heterocycles. The van der Waals surface area contributed by atoms with Gasteiger partial charge in [-0.2, -0.15) is 0 Å². The van der Waals surface area contributed by atoms with E-state index in [4.69, 9.17) is 4.74 Å². The third kappa shape index (κ3) is 4.18. The van der Waals surface area contributed by atoms with E-state index in [1.165, 1.54) is 18.1 Å². The van der Waals surface area contributed by atoms with E-state index in [0.717, 1.165) is 27.6 Å². The molecule has 1 heterocycles. The van der Waals surface area contributed by atoms with E-state index in [0.29, 0.717) is 18.7 Å². The molecule has 0 aliphatic heterocycles. The number of nitrogens with zero attached hydrogens (tertiary/aromatic N) is 2. The predicted molar refractivity (Wildman–Crippen MR) is 113 cm³/mol. The number of ether oxygens (including phenoxy) is 1. The molecule has 2 aromatic carbocycles. The number of carboxylic acid groups (broad SMARTS) is 1. The van der Waals surface area contributed by atoms with Crippen LogP contribution in [0.15, 0.2) is 42.6 Å². The first-order valence-corrected chi connectivity index (χ1v) is 9.26. The molecule has 152 valence electrons. The van der Waals surface area contributed by atoms with Gasteiger partial charge in [0.05, 0.1) is 12.7 Å². The summed E-state index contributed by atoms with van der Waals surface area (Å²) in [5, 5.41) is 13.2. The Morgan fingerprint density at radius 1 is 1.14 bits per heavy atom. The number of rotatable bonds is 6. The van der Waals surface area contributed by atoms with Crippen LogP contribution in [0.25, 0.3) is 22.0 Å². The van der Waals surface area contributed by atoms with Crippen LogP contribution in [0.5, 0.6) is 5.75 Å². The van der Waals surface area contributed by atoms with Crippen LogP contribution >= 0.6 is 0 Å². The molecule has 0 radical (unpaired) electrons. The number of urea groups is 1. The van der Waals surface area contributed by atoms with Crippen molar-refractivity contribution in [3.63, 3.8) is 0 Å². The van der Waals surface area contributed by atoms with Crippen molar-refractivity contribution in [2.75, 3.05) is 27.7 Å². The van der Waals surface area contributed by atoms with Gasteiger partial charge in [0.15, 0.2) is 0 Å². The van der Waals surface area contributed by atoms with Gasteiger partial charge in [-0.15, -0.1) is 0 Å². The number of hydrogen-bond acceptors (Lipinski definition) is 3. The van der Waals surface area contributed by atoms with Crippen LogP contribution in [0, 0.1) is 0 Å². The van der Waals surface area contributed by atoms with E-state index in [1.54, 1.807) is 26.2 Å². The van der Waals surface area contributed by atoms with Gasteiger partial charge in [0.25, 0.3) is 0 Å². The summed E-state index contributed by atoms with van der Waals surface area (Å²) in [6, 6.07) is 11.0. The van der Waals surface area contributed by atoms with E-state index in [1.807, 2.05) is 17.8 Å². The number of aryl methyl sites for hydroxylation is 1. The van der Waals surface area contributed by atoms with Gasteiger partial charge >= 0.3 is 12.0 Å². The molecule has 0 bridgehead atoms. The average molecular weight is 395 g/mol. The smallest absolute Gasteiger partial charge is 0.335 e. The number of carboxylic acids is 1. The lowest BCUT2D eigenvalue weighted by Crippen LogP contribution is -2.35. The molecule has 0 saturated heterocycles. The molecule has 7 heteroatoms. The minimum Gasteiger partial charge on any atom is -0.496 e. The van der Waals surface area contributed by atoms with Crippen LogP contribution in [0.4, 0.5) is 4.79 Å². The summed E-state index contributed by atoms with van der Waals surface area (Å²) in [6.07, 6.45) is 2.72. The fraction of sp³-hybridized carbons (Fsp3) is 0.273. The Bertz CT molecular complexity index is 1070. The highest BCUT2D eigenvalue weighted by Crippen LogP contribution is 2.37. The largest absolute Gasteiger partial charge is 0.496 e. The van der Waals surface area contributed by atoms with Gasteiger partial charge in [-0.05, 0) is 42.3 Å². The SMILES string of the molecule is COc1cc(C(=O)O)ccc1-c1cn(C)c2ccc(CCNC(=O)N(C)C)cc12. The Morgan fingerprint density at radius 2 is 1.90 bits per heavy atom. The van der Waals surface area contributed by atoms with E-state index >= 15 is 0 Å². The van der Waals surface area contributed by atoms with Crippen molar-refractivity contribution in [1.29, 1.82) is 0 Å². The first kappa shape index (κ1) is 20.3. The molecule has 2 amide bonds. The number of aromatic carboxylic acids is 1. The maximum atomic E-state index is 11.7. The first-order valence-electron chi connectivity index (χ1n) is 9.26. The van der Waals surface area contributed by atoms with Gasteiger partial charge in [0, 0.05) is 55.9 Å². The van der Waals surface area contributed by atoms with Crippen molar-refractivity contribution < 1.29 is 19.4 Å². The van der Waals surface area contributed by atoms with Crippen molar-refractivity contribution in [3.8, 4) is 16.9 Å². The molecule has 29 heavy (non-hydrogen) atoms. The Balaban J connectivity index is 1.97. The minimum atomic E-state index is -0.991.